The predicted molar refractivity (Wildman–Crippen MR) is 107 cm³/mol. The van der Waals surface area contributed by atoms with Gasteiger partial charge >= 0.3 is 0 Å². The average molecular weight is 515 g/mol. The first-order valence-corrected chi connectivity index (χ1v) is 9.82. The number of Topliss-reactive ketones (excluding diaryl/α,β-unsaturated/α-hetero) is 1. The number of quaternary nitrogens is 1. The van der Waals surface area contributed by atoms with Crippen LogP contribution in [0.3, 0.4) is 0 Å². The molecule has 5 nitrogen and oxygen atoms in total. The molecule has 0 aromatic heterocycles. The number of ether oxygens (including phenoxy) is 2. The third-order valence-corrected chi connectivity index (χ3v) is 5.81. The fraction of sp³-hybridized carbons (Fsp3) is 0.381. The maximum atomic E-state index is 12.8. The number of piperidine rings is 1. The van der Waals surface area contributed by atoms with Crippen molar-refractivity contribution in [3.8, 4) is 11.5 Å². The lowest BCUT2D eigenvalue weighted by Crippen LogP contribution is -3.14. The van der Waals surface area contributed by atoms with Gasteiger partial charge in [-0.05, 0) is 29.8 Å². The van der Waals surface area contributed by atoms with Crippen molar-refractivity contribution >= 4 is 21.7 Å². The fourth-order valence-electron chi connectivity index (χ4n) is 3.59. The van der Waals surface area contributed by atoms with Crippen molar-refractivity contribution in [3.05, 3.63) is 58.1 Å². The number of carbonyl (C=O) groups is 1. The van der Waals surface area contributed by atoms with Gasteiger partial charge in [0.2, 0.25) is 5.78 Å². The Bertz CT molecular complexity index is 803. The van der Waals surface area contributed by atoms with Gasteiger partial charge in [-0.25, -0.2) is 0 Å². The zero-order chi connectivity index (χ0) is 19.4. The topological polar surface area (TPSA) is 60.2 Å². The molecule has 152 valence electrons. The molecule has 0 atom stereocenters. The van der Waals surface area contributed by atoms with Gasteiger partial charge in [0, 0.05) is 23.4 Å². The van der Waals surface area contributed by atoms with Crippen LogP contribution in [0.1, 0.15) is 28.8 Å². The minimum Gasteiger partial charge on any atom is -1.00 e. The zero-order valence-corrected chi connectivity index (χ0v) is 19.2. The van der Waals surface area contributed by atoms with Crippen LogP contribution in [-0.2, 0) is 5.60 Å². The highest BCUT2D eigenvalue weighted by Gasteiger charge is 2.37. The van der Waals surface area contributed by atoms with E-state index < -0.39 is 5.60 Å². The number of hydrogen-bond donors (Lipinski definition) is 2. The third kappa shape index (κ3) is 5.14. The van der Waals surface area contributed by atoms with Crippen LogP contribution in [0.2, 0.25) is 0 Å². The maximum Gasteiger partial charge on any atom is 0.220 e. The Labute approximate surface area is 184 Å². The summed E-state index contributed by atoms with van der Waals surface area (Å²) in [5.74, 6) is 1.23. The van der Waals surface area contributed by atoms with E-state index in [-0.39, 0.29) is 22.8 Å². The first kappa shape index (κ1) is 22.9. The quantitative estimate of drug-likeness (QED) is 0.496. The van der Waals surface area contributed by atoms with Gasteiger partial charge in [-0.1, -0.05) is 28.1 Å². The van der Waals surface area contributed by atoms with Gasteiger partial charge in [0.15, 0.2) is 0 Å². The second-order valence-corrected chi connectivity index (χ2v) is 7.87. The molecule has 1 aliphatic heterocycles. The van der Waals surface area contributed by atoms with Crippen LogP contribution in [-0.4, -0.2) is 44.7 Å². The number of aliphatic hydroxyl groups is 1. The Morgan fingerprint density at radius 2 is 1.75 bits per heavy atom. The van der Waals surface area contributed by atoms with E-state index in [1.54, 1.807) is 32.4 Å². The van der Waals surface area contributed by atoms with E-state index in [4.69, 9.17) is 9.47 Å². The second-order valence-electron chi connectivity index (χ2n) is 6.95. The first-order chi connectivity index (χ1) is 12.9. The van der Waals surface area contributed by atoms with Gasteiger partial charge in [-0.15, -0.1) is 0 Å². The molecule has 0 unspecified atom stereocenters. The van der Waals surface area contributed by atoms with Crippen LogP contribution >= 0.6 is 15.9 Å². The van der Waals surface area contributed by atoms with E-state index in [2.05, 4.69) is 15.9 Å². The molecule has 0 radical (unpaired) electrons. The highest BCUT2D eigenvalue weighted by atomic mass is 79.9. The Morgan fingerprint density at radius 3 is 2.32 bits per heavy atom. The molecule has 1 saturated heterocycles. The summed E-state index contributed by atoms with van der Waals surface area (Å²) in [6, 6.07) is 13.1. The summed E-state index contributed by atoms with van der Waals surface area (Å²) in [5.41, 5.74) is 0.692. The number of nitrogens with one attached hydrogen (secondary N) is 1. The van der Waals surface area contributed by atoms with E-state index in [1.807, 2.05) is 24.3 Å². The predicted octanol–water partition coefficient (Wildman–Crippen LogP) is -0.780. The molecule has 1 fully saturated rings. The number of methoxy groups -OCH3 is 2. The Morgan fingerprint density at radius 1 is 1.11 bits per heavy atom. The molecule has 1 heterocycles. The minimum absolute atomic E-state index is 0. The van der Waals surface area contributed by atoms with Crippen molar-refractivity contribution < 1.29 is 41.3 Å². The summed E-state index contributed by atoms with van der Waals surface area (Å²) in [4.78, 5) is 13.9. The van der Waals surface area contributed by atoms with E-state index in [0.717, 1.165) is 23.1 Å². The molecule has 2 aromatic carbocycles. The molecule has 2 N–H and O–H groups in total. The monoisotopic (exact) mass is 513 g/mol. The SMILES string of the molecule is COc1ccc(C(=O)C[NH+]2CCC(O)(c3ccc(Br)cc3)CC2)c(OC)c1.[Br-]. The van der Waals surface area contributed by atoms with Gasteiger partial charge in [0.05, 0.1) is 32.9 Å². The summed E-state index contributed by atoms with van der Waals surface area (Å²) < 4.78 is 11.5. The van der Waals surface area contributed by atoms with E-state index >= 15 is 0 Å². The van der Waals surface area contributed by atoms with E-state index in [1.165, 1.54) is 4.90 Å². The van der Waals surface area contributed by atoms with Crippen molar-refractivity contribution in [2.45, 2.75) is 18.4 Å². The molecular weight excluding hydrogens is 490 g/mol. The number of hydrogen-bond acceptors (Lipinski definition) is 4. The van der Waals surface area contributed by atoms with Crippen LogP contribution in [0.4, 0.5) is 0 Å². The number of benzene rings is 2. The highest BCUT2D eigenvalue weighted by Crippen LogP contribution is 2.30. The zero-order valence-electron chi connectivity index (χ0n) is 16.0. The van der Waals surface area contributed by atoms with Gasteiger partial charge in [-0.2, -0.15) is 0 Å². The van der Waals surface area contributed by atoms with Crippen LogP contribution in [0.5, 0.6) is 11.5 Å². The van der Waals surface area contributed by atoms with Crippen LogP contribution in [0.15, 0.2) is 46.9 Å². The average Bonchev–Trinajstić information content (AvgIpc) is 2.69. The number of carbonyl (C=O) groups excluding carboxylic acids is 1. The highest BCUT2D eigenvalue weighted by molar-refractivity contribution is 9.10. The summed E-state index contributed by atoms with van der Waals surface area (Å²) in [5, 5.41) is 11.0. The number of ketones is 1. The fourth-order valence-corrected chi connectivity index (χ4v) is 3.86. The second kappa shape index (κ2) is 9.87. The van der Waals surface area contributed by atoms with Crippen molar-refractivity contribution in [3.63, 3.8) is 0 Å². The Hall–Kier alpha value is -1.41. The molecule has 7 heteroatoms. The van der Waals surface area contributed by atoms with Crippen molar-refractivity contribution in [2.75, 3.05) is 33.9 Å². The number of likely N-dealkylation sites (tertiary alicyclic amines) is 1. The largest absolute Gasteiger partial charge is 1.00 e. The smallest absolute Gasteiger partial charge is 0.220 e. The summed E-state index contributed by atoms with van der Waals surface area (Å²) in [7, 11) is 3.14. The molecule has 0 saturated carbocycles. The molecule has 0 spiro atoms. The molecule has 3 rings (SSSR count). The van der Waals surface area contributed by atoms with Crippen molar-refractivity contribution in [1.29, 1.82) is 0 Å². The van der Waals surface area contributed by atoms with Gasteiger partial charge < -0.3 is 36.5 Å². The lowest BCUT2D eigenvalue weighted by atomic mass is 9.84. The molecule has 28 heavy (non-hydrogen) atoms. The van der Waals surface area contributed by atoms with Crippen LogP contribution in [0, 0.1) is 0 Å². The maximum absolute atomic E-state index is 12.8. The van der Waals surface area contributed by atoms with Crippen molar-refractivity contribution in [2.24, 2.45) is 0 Å². The van der Waals surface area contributed by atoms with E-state index in [9.17, 15) is 9.90 Å². The standard InChI is InChI=1S/C21H24BrNO4.BrH/c1-26-17-7-8-18(20(13-17)27-2)19(24)14-23-11-9-21(25,10-12-23)15-3-5-16(22)6-4-15;/h3-8,13,25H,9-12,14H2,1-2H3;1H. The third-order valence-electron chi connectivity index (χ3n) is 5.29. The van der Waals surface area contributed by atoms with E-state index in [0.29, 0.717) is 36.4 Å². The molecular formula is C21H25Br2NO4. The number of halogens is 2. The first-order valence-electron chi connectivity index (χ1n) is 9.02. The van der Waals surface area contributed by atoms with Gasteiger partial charge in [0.25, 0.3) is 0 Å². The lowest BCUT2D eigenvalue weighted by Gasteiger charge is -2.36. The van der Waals surface area contributed by atoms with Crippen LogP contribution in [0.25, 0.3) is 0 Å². The lowest BCUT2D eigenvalue weighted by molar-refractivity contribution is -0.899. The summed E-state index contributed by atoms with van der Waals surface area (Å²) in [6.45, 7) is 1.88. The molecule has 0 amide bonds. The minimum atomic E-state index is -0.814. The van der Waals surface area contributed by atoms with Gasteiger partial charge in [0.1, 0.15) is 23.6 Å². The molecule has 2 aromatic rings. The summed E-state index contributed by atoms with van der Waals surface area (Å²) >= 11 is 3.43. The van der Waals surface area contributed by atoms with Crippen LogP contribution < -0.4 is 31.4 Å². The van der Waals surface area contributed by atoms with Crippen molar-refractivity contribution in [1.82, 2.24) is 0 Å². The molecule has 1 aliphatic rings. The Kier molecular flexibility index (Phi) is 8.07. The normalized spacial score (nSPS) is 21.5. The Balaban J connectivity index is 0.00000280. The number of rotatable bonds is 6. The molecule has 0 aliphatic carbocycles. The van der Waals surface area contributed by atoms with Gasteiger partial charge in [-0.3, -0.25) is 4.79 Å². The molecule has 0 bridgehead atoms. The summed E-state index contributed by atoms with van der Waals surface area (Å²) in [6.07, 6.45) is 1.27.